The molecule has 0 aromatic carbocycles. The second kappa shape index (κ2) is 6.00. The van der Waals surface area contributed by atoms with Crippen LogP contribution in [0.15, 0.2) is 0 Å². The summed E-state index contributed by atoms with van der Waals surface area (Å²) >= 11 is 0. The van der Waals surface area contributed by atoms with Gasteiger partial charge < -0.3 is 5.32 Å². The van der Waals surface area contributed by atoms with Crippen molar-refractivity contribution in [2.75, 3.05) is 12.0 Å². The fourth-order valence-corrected chi connectivity index (χ4v) is 3.33. The van der Waals surface area contributed by atoms with Crippen molar-refractivity contribution in [3.63, 3.8) is 0 Å². The van der Waals surface area contributed by atoms with Crippen LogP contribution in [0, 0.1) is 11.8 Å². The van der Waals surface area contributed by atoms with Crippen molar-refractivity contribution in [2.24, 2.45) is 11.8 Å². The molecule has 0 spiro atoms. The van der Waals surface area contributed by atoms with Gasteiger partial charge in [0.25, 0.3) is 0 Å². The van der Waals surface area contributed by atoms with Crippen LogP contribution in [0.3, 0.4) is 0 Å². The molecule has 5 atom stereocenters. The van der Waals surface area contributed by atoms with Crippen LogP contribution >= 0.6 is 0 Å². The lowest BCUT2D eigenvalue weighted by atomic mass is 9.80. The van der Waals surface area contributed by atoms with Crippen molar-refractivity contribution < 1.29 is 4.21 Å². The molecular weight excluding hydrogens is 206 g/mol. The average molecular weight is 231 g/mol. The van der Waals surface area contributed by atoms with Gasteiger partial charge in [0, 0.05) is 34.9 Å². The lowest BCUT2D eigenvalue weighted by molar-refractivity contribution is 0.219. The van der Waals surface area contributed by atoms with Crippen LogP contribution in [0.2, 0.25) is 0 Å². The van der Waals surface area contributed by atoms with Crippen LogP contribution in [0.5, 0.6) is 0 Å². The average Bonchev–Trinajstić information content (AvgIpc) is 2.10. The fraction of sp³-hybridized carbons (Fsp3) is 1.00. The van der Waals surface area contributed by atoms with Gasteiger partial charge in [0.2, 0.25) is 0 Å². The van der Waals surface area contributed by atoms with Crippen molar-refractivity contribution >= 4 is 10.8 Å². The Labute approximate surface area is 96.7 Å². The molecule has 5 unspecified atom stereocenters. The number of hydrogen-bond acceptors (Lipinski definition) is 2. The molecule has 0 aromatic heterocycles. The van der Waals surface area contributed by atoms with Crippen molar-refractivity contribution in [2.45, 2.75) is 52.1 Å². The molecule has 0 radical (unpaired) electrons. The molecule has 1 saturated carbocycles. The molecule has 90 valence electrons. The maximum atomic E-state index is 11.1. The summed E-state index contributed by atoms with van der Waals surface area (Å²) in [5, 5.41) is 3.64. The standard InChI is InChI=1S/C12H25NOS/c1-9-5-6-10(2)12(7-9)13-11(3)8-15(4)14/h9-13H,5-8H2,1-4H3. The third-order valence-corrected chi connectivity index (χ3v) is 4.41. The Hall–Kier alpha value is 0.110. The van der Waals surface area contributed by atoms with E-state index in [4.69, 9.17) is 0 Å². The van der Waals surface area contributed by atoms with Gasteiger partial charge >= 0.3 is 0 Å². The molecule has 1 aliphatic carbocycles. The minimum atomic E-state index is -0.682. The number of nitrogens with one attached hydrogen (secondary N) is 1. The predicted molar refractivity (Wildman–Crippen MR) is 67.5 cm³/mol. The summed E-state index contributed by atoms with van der Waals surface area (Å²) in [4.78, 5) is 0. The summed E-state index contributed by atoms with van der Waals surface area (Å²) in [5.41, 5.74) is 0. The highest BCUT2D eigenvalue weighted by molar-refractivity contribution is 7.84. The lowest BCUT2D eigenvalue weighted by Crippen LogP contribution is -2.45. The number of rotatable bonds is 4. The van der Waals surface area contributed by atoms with E-state index in [9.17, 15) is 4.21 Å². The van der Waals surface area contributed by atoms with E-state index >= 15 is 0 Å². The highest BCUT2D eigenvalue weighted by Gasteiger charge is 2.26. The van der Waals surface area contributed by atoms with Gasteiger partial charge in [0.1, 0.15) is 0 Å². The van der Waals surface area contributed by atoms with E-state index in [1.54, 1.807) is 6.26 Å². The van der Waals surface area contributed by atoms with Gasteiger partial charge in [-0.3, -0.25) is 4.21 Å². The first kappa shape index (κ1) is 13.2. The van der Waals surface area contributed by atoms with Gasteiger partial charge in [-0.15, -0.1) is 0 Å². The summed E-state index contributed by atoms with van der Waals surface area (Å²) in [5.74, 6) is 2.39. The normalized spacial score (nSPS) is 36.1. The van der Waals surface area contributed by atoms with Gasteiger partial charge in [-0.1, -0.05) is 20.3 Å². The van der Waals surface area contributed by atoms with Gasteiger partial charge in [-0.05, 0) is 31.6 Å². The largest absolute Gasteiger partial charge is 0.310 e. The second-order valence-electron chi connectivity index (χ2n) is 5.31. The van der Waals surface area contributed by atoms with Crippen molar-refractivity contribution in [3.05, 3.63) is 0 Å². The van der Waals surface area contributed by atoms with Gasteiger partial charge in [0.05, 0.1) is 0 Å². The molecule has 1 aliphatic rings. The van der Waals surface area contributed by atoms with Crippen molar-refractivity contribution in [1.82, 2.24) is 5.32 Å². The Morgan fingerprint density at radius 1 is 1.40 bits per heavy atom. The van der Waals surface area contributed by atoms with E-state index in [0.717, 1.165) is 17.6 Å². The number of hydrogen-bond donors (Lipinski definition) is 1. The summed E-state index contributed by atoms with van der Waals surface area (Å²) in [6.07, 6.45) is 5.77. The van der Waals surface area contributed by atoms with Gasteiger partial charge in [-0.25, -0.2) is 0 Å². The van der Waals surface area contributed by atoms with Gasteiger partial charge in [-0.2, -0.15) is 0 Å². The highest BCUT2D eigenvalue weighted by Crippen LogP contribution is 2.28. The Morgan fingerprint density at radius 3 is 2.67 bits per heavy atom. The Morgan fingerprint density at radius 2 is 2.07 bits per heavy atom. The first-order valence-electron chi connectivity index (χ1n) is 6.05. The molecule has 0 bridgehead atoms. The van der Waals surface area contributed by atoms with E-state index in [2.05, 4.69) is 26.1 Å². The molecule has 0 aromatic rings. The maximum Gasteiger partial charge on any atom is 0.0383 e. The third kappa shape index (κ3) is 4.64. The molecule has 0 amide bonds. The van der Waals surface area contributed by atoms with Crippen LogP contribution in [0.4, 0.5) is 0 Å². The van der Waals surface area contributed by atoms with Crippen molar-refractivity contribution in [3.8, 4) is 0 Å². The zero-order valence-electron chi connectivity index (χ0n) is 10.5. The molecule has 1 N–H and O–H groups in total. The minimum absolute atomic E-state index is 0.383. The van der Waals surface area contributed by atoms with Crippen LogP contribution in [-0.2, 0) is 10.8 Å². The minimum Gasteiger partial charge on any atom is -0.310 e. The van der Waals surface area contributed by atoms with E-state index in [0.29, 0.717) is 12.1 Å². The molecule has 2 nitrogen and oxygen atoms in total. The third-order valence-electron chi connectivity index (χ3n) is 3.44. The molecule has 15 heavy (non-hydrogen) atoms. The van der Waals surface area contributed by atoms with Crippen LogP contribution in [0.1, 0.15) is 40.0 Å². The van der Waals surface area contributed by atoms with Gasteiger partial charge in [0.15, 0.2) is 0 Å². The first-order chi connectivity index (χ1) is 6.99. The lowest BCUT2D eigenvalue weighted by Gasteiger charge is -2.35. The molecule has 0 heterocycles. The molecule has 3 heteroatoms. The Bertz CT molecular complexity index is 220. The van der Waals surface area contributed by atoms with Crippen LogP contribution in [0.25, 0.3) is 0 Å². The van der Waals surface area contributed by atoms with Crippen molar-refractivity contribution in [1.29, 1.82) is 0 Å². The molecular formula is C12H25NOS. The van der Waals surface area contributed by atoms with E-state index in [1.807, 2.05) is 0 Å². The monoisotopic (exact) mass is 231 g/mol. The fourth-order valence-electron chi connectivity index (χ4n) is 2.53. The second-order valence-corrected chi connectivity index (χ2v) is 6.79. The summed E-state index contributed by atoms with van der Waals surface area (Å²) in [6, 6.07) is 1.01. The predicted octanol–water partition coefficient (Wildman–Crippen LogP) is 2.17. The zero-order valence-corrected chi connectivity index (χ0v) is 11.3. The van der Waals surface area contributed by atoms with E-state index in [1.165, 1.54) is 19.3 Å². The summed E-state index contributed by atoms with van der Waals surface area (Å²) < 4.78 is 11.1. The molecule has 1 fully saturated rings. The SMILES string of the molecule is CC1CCC(C)C(NC(C)CS(C)=O)C1. The molecule has 1 rings (SSSR count). The van der Waals surface area contributed by atoms with E-state index in [-0.39, 0.29) is 0 Å². The summed E-state index contributed by atoms with van der Waals surface area (Å²) in [6.45, 7) is 6.82. The quantitative estimate of drug-likeness (QED) is 0.803. The highest BCUT2D eigenvalue weighted by atomic mass is 32.2. The van der Waals surface area contributed by atoms with Crippen LogP contribution in [-0.4, -0.2) is 28.3 Å². The zero-order chi connectivity index (χ0) is 11.4. The maximum absolute atomic E-state index is 11.1. The topological polar surface area (TPSA) is 29.1 Å². The molecule has 0 saturated heterocycles. The first-order valence-corrected chi connectivity index (χ1v) is 7.77. The molecule has 0 aliphatic heterocycles. The Kier molecular flexibility index (Phi) is 5.27. The van der Waals surface area contributed by atoms with E-state index < -0.39 is 10.8 Å². The summed E-state index contributed by atoms with van der Waals surface area (Å²) in [7, 11) is -0.682. The van der Waals surface area contributed by atoms with Crippen LogP contribution < -0.4 is 5.32 Å². The Balaban J connectivity index is 2.38. The smallest absolute Gasteiger partial charge is 0.0383 e.